The van der Waals surface area contributed by atoms with Crippen molar-refractivity contribution in [3.8, 4) is 0 Å². The van der Waals surface area contributed by atoms with Crippen LogP contribution in [-0.4, -0.2) is 30.0 Å². The van der Waals surface area contributed by atoms with Crippen LogP contribution < -0.4 is 5.32 Å². The number of hydrogen-bond donors (Lipinski definition) is 1. The van der Waals surface area contributed by atoms with Gasteiger partial charge in [0.25, 0.3) is 0 Å². The quantitative estimate of drug-likeness (QED) is 0.814. The summed E-state index contributed by atoms with van der Waals surface area (Å²) in [5.41, 5.74) is -0.0718. The summed E-state index contributed by atoms with van der Waals surface area (Å²) in [7, 11) is 0. The lowest BCUT2D eigenvalue weighted by Gasteiger charge is -2.37. The summed E-state index contributed by atoms with van der Waals surface area (Å²) in [5.74, 6) is 1.03. The van der Waals surface area contributed by atoms with Gasteiger partial charge in [-0.2, -0.15) is 0 Å². The van der Waals surface area contributed by atoms with Gasteiger partial charge in [-0.05, 0) is 31.6 Å². The zero-order chi connectivity index (χ0) is 12.3. The monoisotopic (exact) mass is 303 g/mol. The normalized spacial score (nSPS) is 32.4. The van der Waals surface area contributed by atoms with Crippen molar-refractivity contribution in [2.24, 2.45) is 11.8 Å². The number of alkyl halides is 1. The van der Waals surface area contributed by atoms with E-state index in [0.717, 1.165) is 37.8 Å². The van der Waals surface area contributed by atoms with Gasteiger partial charge in [0.05, 0.1) is 5.54 Å². The fourth-order valence-electron chi connectivity index (χ4n) is 2.94. The molecule has 0 bridgehead atoms. The van der Waals surface area contributed by atoms with Crippen molar-refractivity contribution in [3.63, 3.8) is 0 Å². The second-order valence-electron chi connectivity index (χ2n) is 5.53. The van der Waals surface area contributed by atoms with E-state index in [-0.39, 0.29) is 17.4 Å². The Labute approximate surface area is 112 Å². The first kappa shape index (κ1) is 13.3. The third-order valence-corrected chi connectivity index (χ3v) is 5.37. The van der Waals surface area contributed by atoms with Crippen LogP contribution in [0.4, 0.5) is 0 Å². The molecule has 1 aliphatic heterocycles. The molecule has 2 aliphatic rings. The van der Waals surface area contributed by atoms with Crippen LogP contribution in [0, 0.1) is 11.8 Å². The second kappa shape index (κ2) is 5.70. The van der Waals surface area contributed by atoms with Crippen molar-refractivity contribution in [2.45, 2.75) is 44.6 Å². The van der Waals surface area contributed by atoms with Crippen LogP contribution in [0.3, 0.4) is 0 Å². The van der Waals surface area contributed by atoms with E-state index in [1.165, 1.54) is 12.8 Å². The van der Waals surface area contributed by atoms with E-state index in [2.05, 4.69) is 28.2 Å². The highest BCUT2D eigenvalue weighted by Gasteiger charge is 2.37. The third kappa shape index (κ3) is 3.02. The molecular weight excluding hydrogens is 282 g/mol. The fourth-order valence-corrected chi connectivity index (χ4v) is 3.64. The number of rotatable bonds is 3. The maximum absolute atomic E-state index is 12.3. The Morgan fingerprint density at radius 1 is 1.41 bits per heavy atom. The van der Waals surface area contributed by atoms with E-state index in [0.29, 0.717) is 5.92 Å². The van der Waals surface area contributed by atoms with Crippen LogP contribution >= 0.6 is 15.9 Å². The summed E-state index contributed by atoms with van der Waals surface area (Å²) in [4.78, 5) is 12.3. The van der Waals surface area contributed by atoms with Crippen molar-refractivity contribution >= 4 is 21.8 Å². The van der Waals surface area contributed by atoms with Crippen LogP contribution in [0.5, 0.6) is 0 Å². The van der Waals surface area contributed by atoms with Crippen molar-refractivity contribution < 1.29 is 9.53 Å². The van der Waals surface area contributed by atoms with Gasteiger partial charge >= 0.3 is 0 Å². The highest BCUT2D eigenvalue weighted by molar-refractivity contribution is 9.09. The Morgan fingerprint density at radius 3 is 2.65 bits per heavy atom. The van der Waals surface area contributed by atoms with Crippen LogP contribution in [0.2, 0.25) is 0 Å². The number of carbonyl (C=O) groups excluding carboxylic acids is 1. The largest absolute Gasteiger partial charge is 0.381 e. The minimum absolute atomic E-state index is 0.0718. The van der Waals surface area contributed by atoms with Crippen molar-refractivity contribution in [1.82, 2.24) is 5.32 Å². The maximum atomic E-state index is 12.3. The molecular formula is C13H22BrNO2. The Bertz CT molecular complexity index is 277. The molecule has 2 rings (SSSR count). The molecule has 0 aromatic heterocycles. The minimum atomic E-state index is -0.0718. The molecule has 0 spiro atoms. The van der Waals surface area contributed by atoms with E-state index in [4.69, 9.17) is 4.74 Å². The molecule has 17 heavy (non-hydrogen) atoms. The predicted octanol–water partition coefficient (Wildman–Crippen LogP) is 2.48. The second-order valence-corrected chi connectivity index (χ2v) is 6.09. The third-order valence-electron chi connectivity index (χ3n) is 4.29. The van der Waals surface area contributed by atoms with Crippen molar-refractivity contribution in [1.29, 1.82) is 0 Å². The van der Waals surface area contributed by atoms with Gasteiger partial charge in [-0.15, -0.1) is 0 Å². The number of hydrogen-bond acceptors (Lipinski definition) is 2. The molecule has 0 aromatic carbocycles. The van der Waals surface area contributed by atoms with E-state index in [9.17, 15) is 4.79 Å². The first-order valence-electron chi connectivity index (χ1n) is 6.63. The molecule has 2 fully saturated rings. The first-order valence-corrected chi connectivity index (χ1v) is 7.75. The SMILES string of the molecule is CC1CCCC1C(=O)NC1(CBr)CCOCC1. The molecule has 98 valence electrons. The summed E-state index contributed by atoms with van der Waals surface area (Å²) in [6.07, 6.45) is 5.30. The standard InChI is InChI=1S/C13H22BrNO2/c1-10-3-2-4-11(10)12(16)15-13(9-14)5-7-17-8-6-13/h10-11H,2-9H2,1H3,(H,15,16). The summed E-state index contributed by atoms with van der Waals surface area (Å²) in [6, 6.07) is 0. The molecule has 0 radical (unpaired) electrons. The van der Waals surface area contributed by atoms with Gasteiger partial charge in [0.1, 0.15) is 0 Å². The summed E-state index contributed by atoms with van der Waals surface area (Å²) < 4.78 is 5.38. The lowest BCUT2D eigenvalue weighted by atomic mass is 9.90. The van der Waals surface area contributed by atoms with Crippen LogP contribution in [0.1, 0.15) is 39.0 Å². The number of ether oxygens (including phenoxy) is 1. The van der Waals surface area contributed by atoms with Crippen LogP contribution in [-0.2, 0) is 9.53 Å². The molecule has 1 amide bonds. The smallest absolute Gasteiger partial charge is 0.223 e. The zero-order valence-corrected chi connectivity index (χ0v) is 12.1. The average molecular weight is 304 g/mol. The highest BCUT2D eigenvalue weighted by Crippen LogP contribution is 2.32. The molecule has 3 nitrogen and oxygen atoms in total. The van der Waals surface area contributed by atoms with Gasteiger partial charge in [0.15, 0.2) is 0 Å². The van der Waals surface area contributed by atoms with Crippen molar-refractivity contribution in [2.75, 3.05) is 18.5 Å². The van der Waals surface area contributed by atoms with E-state index in [1.54, 1.807) is 0 Å². The predicted molar refractivity (Wildman–Crippen MR) is 71.2 cm³/mol. The van der Waals surface area contributed by atoms with E-state index in [1.807, 2.05) is 0 Å². The van der Waals surface area contributed by atoms with Gasteiger partial charge in [-0.3, -0.25) is 4.79 Å². The fraction of sp³-hybridized carbons (Fsp3) is 0.923. The molecule has 2 unspecified atom stereocenters. The van der Waals surface area contributed by atoms with Gasteiger partial charge in [-0.1, -0.05) is 29.3 Å². The topological polar surface area (TPSA) is 38.3 Å². The zero-order valence-electron chi connectivity index (χ0n) is 10.5. The van der Waals surface area contributed by atoms with Gasteiger partial charge in [-0.25, -0.2) is 0 Å². The van der Waals surface area contributed by atoms with Crippen molar-refractivity contribution in [3.05, 3.63) is 0 Å². The molecule has 2 atom stereocenters. The lowest BCUT2D eigenvalue weighted by Crippen LogP contribution is -2.55. The first-order chi connectivity index (χ1) is 8.17. The van der Waals surface area contributed by atoms with Gasteiger partial charge in [0, 0.05) is 24.5 Å². The minimum Gasteiger partial charge on any atom is -0.381 e. The molecule has 1 N–H and O–H groups in total. The summed E-state index contributed by atoms with van der Waals surface area (Å²) >= 11 is 3.55. The lowest BCUT2D eigenvalue weighted by molar-refractivity contribution is -0.128. The number of halogens is 1. The van der Waals surface area contributed by atoms with Crippen LogP contribution in [0.25, 0.3) is 0 Å². The molecule has 1 heterocycles. The molecule has 1 saturated heterocycles. The Hall–Kier alpha value is -0.0900. The molecule has 1 saturated carbocycles. The molecule has 0 aromatic rings. The average Bonchev–Trinajstić information content (AvgIpc) is 2.77. The molecule has 4 heteroatoms. The van der Waals surface area contributed by atoms with Crippen LogP contribution in [0.15, 0.2) is 0 Å². The summed E-state index contributed by atoms with van der Waals surface area (Å²) in [6.45, 7) is 3.71. The van der Waals surface area contributed by atoms with Gasteiger partial charge in [0.2, 0.25) is 5.91 Å². The Balaban J connectivity index is 1.95. The number of amides is 1. The number of nitrogens with one attached hydrogen (secondary N) is 1. The van der Waals surface area contributed by atoms with E-state index >= 15 is 0 Å². The van der Waals surface area contributed by atoms with E-state index < -0.39 is 0 Å². The Morgan fingerprint density at radius 2 is 2.12 bits per heavy atom. The van der Waals surface area contributed by atoms with Gasteiger partial charge < -0.3 is 10.1 Å². The highest BCUT2D eigenvalue weighted by atomic mass is 79.9. The molecule has 1 aliphatic carbocycles. The summed E-state index contributed by atoms with van der Waals surface area (Å²) in [5, 5.41) is 4.12. The Kier molecular flexibility index (Phi) is 4.47. The number of carbonyl (C=O) groups is 1. The maximum Gasteiger partial charge on any atom is 0.223 e.